The average molecular weight is 258 g/mol. The summed E-state index contributed by atoms with van der Waals surface area (Å²) in [5.41, 5.74) is -0.00981. The van der Waals surface area contributed by atoms with E-state index in [9.17, 15) is 9.59 Å². The van der Waals surface area contributed by atoms with Gasteiger partial charge in [0.25, 0.3) is 5.91 Å². The van der Waals surface area contributed by atoms with Gasteiger partial charge in [-0.15, -0.1) is 0 Å². The summed E-state index contributed by atoms with van der Waals surface area (Å²) in [5, 5.41) is 14.6. The Morgan fingerprint density at radius 3 is 2.78 bits per heavy atom. The third-order valence-corrected chi connectivity index (χ3v) is 2.01. The zero-order chi connectivity index (χ0) is 13.5. The highest BCUT2D eigenvalue weighted by atomic mass is 16.5. The molecule has 1 atom stereocenters. The predicted molar refractivity (Wildman–Crippen MR) is 58.0 cm³/mol. The molecule has 2 N–H and O–H groups in total. The first-order valence-corrected chi connectivity index (χ1v) is 5.05. The molecule has 8 nitrogen and oxygen atoms in total. The zero-order valence-corrected chi connectivity index (χ0v) is 10.0. The molecule has 1 rings (SSSR count). The highest BCUT2D eigenvalue weighted by Crippen LogP contribution is 2.05. The number of nitrogens with zero attached hydrogens (tertiary/aromatic N) is 1. The molecule has 1 heterocycles. The van der Waals surface area contributed by atoms with Gasteiger partial charge in [-0.05, 0) is 0 Å². The molecule has 0 saturated heterocycles. The number of carboxylic acids is 1. The van der Waals surface area contributed by atoms with E-state index in [0.29, 0.717) is 5.76 Å². The van der Waals surface area contributed by atoms with Crippen molar-refractivity contribution in [3.8, 4) is 0 Å². The van der Waals surface area contributed by atoms with Crippen LogP contribution in [-0.2, 0) is 20.9 Å². The van der Waals surface area contributed by atoms with Crippen LogP contribution in [0.2, 0.25) is 0 Å². The largest absolute Gasteiger partial charge is 0.480 e. The number of amides is 1. The van der Waals surface area contributed by atoms with E-state index in [1.165, 1.54) is 20.3 Å². The molecule has 100 valence electrons. The van der Waals surface area contributed by atoms with Crippen molar-refractivity contribution >= 4 is 11.9 Å². The Morgan fingerprint density at radius 2 is 2.22 bits per heavy atom. The number of rotatable bonds is 7. The fraction of sp³-hybridized carbons (Fsp3) is 0.500. The number of carboxylic acid groups (broad SMARTS) is 1. The van der Waals surface area contributed by atoms with Crippen LogP contribution in [0.3, 0.4) is 0 Å². The molecular formula is C10H14N2O6. The molecule has 0 aromatic carbocycles. The molecule has 1 unspecified atom stereocenters. The van der Waals surface area contributed by atoms with Crippen LogP contribution in [0.5, 0.6) is 0 Å². The average Bonchev–Trinajstić information content (AvgIpc) is 2.77. The van der Waals surface area contributed by atoms with Gasteiger partial charge in [0.05, 0.1) is 6.61 Å². The highest BCUT2D eigenvalue weighted by molar-refractivity contribution is 5.94. The van der Waals surface area contributed by atoms with E-state index in [-0.39, 0.29) is 18.9 Å². The zero-order valence-electron chi connectivity index (χ0n) is 10.0. The van der Waals surface area contributed by atoms with Crippen molar-refractivity contribution in [3.63, 3.8) is 0 Å². The van der Waals surface area contributed by atoms with Gasteiger partial charge >= 0.3 is 5.97 Å². The van der Waals surface area contributed by atoms with E-state index in [4.69, 9.17) is 14.4 Å². The topological polar surface area (TPSA) is 111 Å². The second-order valence-corrected chi connectivity index (χ2v) is 3.43. The molecule has 1 aromatic rings. The predicted octanol–water partition coefficient (Wildman–Crippen LogP) is -0.350. The van der Waals surface area contributed by atoms with Gasteiger partial charge in [0, 0.05) is 20.3 Å². The van der Waals surface area contributed by atoms with Gasteiger partial charge in [-0.3, -0.25) is 4.79 Å². The molecule has 0 saturated carbocycles. The normalized spacial score (nSPS) is 12.1. The summed E-state index contributed by atoms with van der Waals surface area (Å²) in [6, 6.07) is 0.245. The number of carbonyl (C=O) groups excluding carboxylic acids is 1. The summed E-state index contributed by atoms with van der Waals surface area (Å²) in [6.07, 6.45) is 0. The fourth-order valence-corrected chi connectivity index (χ4v) is 1.20. The van der Waals surface area contributed by atoms with Crippen LogP contribution in [0.4, 0.5) is 0 Å². The number of aliphatic carboxylic acids is 1. The lowest BCUT2D eigenvalue weighted by atomic mass is 10.3. The summed E-state index contributed by atoms with van der Waals surface area (Å²) in [5.74, 6) is -1.46. The van der Waals surface area contributed by atoms with Crippen LogP contribution in [0.25, 0.3) is 0 Å². The van der Waals surface area contributed by atoms with Crippen molar-refractivity contribution in [2.24, 2.45) is 0 Å². The highest BCUT2D eigenvalue weighted by Gasteiger charge is 2.22. The summed E-state index contributed by atoms with van der Waals surface area (Å²) in [4.78, 5) is 22.5. The van der Waals surface area contributed by atoms with Crippen LogP contribution in [0, 0.1) is 0 Å². The minimum Gasteiger partial charge on any atom is -0.480 e. The standard InChI is InChI=1S/C10H14N2O6/c1-16-4-6-3-7(12-18-6)9(13)11-8(5-17-2)10(14)15/h3,8H,4-5H2,1-2H3,(H,11,13)(H,14,15). The van der Waals surface area contributed by atoms with E-state index < -0.39 is 17.9 Å². The molecule has 0 bridgehead atoms. The lowest BCUT2D eigenvalue weighted by Crippen LogP contribution is -2.43. The molecule has 1 amide bonds. The van der Waals surface area contributed by atoms with Crippen LogP contribution >= 0.6 is 0 Å². The third-order valence-electron chi connectivity index (χ3n) is 2.01. The summed E-state index contributed by atoms with van der Waals surface area (Å²) >= 11 is 0. The van der Waals surface area contributed by atoms with Crippen LogP contribution in [-0.4, -0.2) is 49.0 Å². The van der Waals surface area contributed by atoms with E-state index in [0.717, 1.165) is 0 Å². The van der Waals surface area contributed by atoms with E-state index >= 15 is 0 Å². The van der Waals surface area contributed by atoms with Crippen molar-refractivity contribution in [2.45, 2.75) is 12.6 Å². The Morgan fingerprint density at radius 1 is 1.50 bits per heavy atom. The molecule has 8 heteroatoms. The molecule has 0 aliphatic rings. The Hall–Kier alpha value is -1.93. The molecule has 0 spiro atoms. The number of hydrogen-bond donors (Lipinski definition) is 2. The molecule has 0 fully saturated rings. The Balaban J connectivity index is 2.64. The Bertz CT molecular complexity index is 416. The Kier molecular flexibility index (Phi) is 5.28. The SMILES string of the molecule is COCc1cc(C(=O)NC(COC)C(=O)O)no1. The van der Waals surface area contributed by atoms with Crippen molar-refractivity contribution in [1.29, 1.82) is 0 Å². The summed E-state index contributed by atoms with van der Waals surface area (Å²) < 4.78 is 14.3. The first-order chi connectivity index (χ1) is 8.58. The van der Waals surface area contributed by atoms with Crippen LogP contribution in [0.15, 0.2) is 10.6 Å². The van der Waals surface area contributed by atoms with E-state index in [2.05, 4.69) is 15.2 Å². The first kappa shape index (κ1) is 14.1. The minimum atomic E-state index is -1.19. The minimum absolute atomic E-state index is 0.00981. The number of nitrogens with one attached hydrogen (secondary N) is 1. The van der Waals surface area contributed by atoms with E-state index in [1.807, 2.05) is 0 Å². The Labute approximate surface area is 103 Å². The maximum Gasteiger partial charge on any atom is 0.328 e. The van der Waals surface area contributed by atoms with E-state index in [1.54, 1.807) is 0 Å². The lowest BCUT2D eigenvalue weighted by molar-refractivity contribution is -0.140. The van der Waals surface area contributed by atoms with Crippen molar-refractivity contribution in [1.82, 2.24) is 10.5 Å². The maximum atomic E-state index is 11.7. The number of hydrogen-bond acceptors (Lipinski definition) is 6. The van der Waals surface area contributed by atoms with Gasteiger partial charge in [0.1, 0.15) is 6.61 Å². The van der Waals surface area contributed by atoms with Crippen LogP contribution < -0.4 is 5.32 Å². The summed E-state index contributed by atoms with van der Waals surface area (Å²) in [7, 11) is 2.82. The molecule has 0 radical (unpaired) electrons. The van der Waals surface area contributed by atoms with Gasteiger partial charge in [0.2, 0.25) is 0 Å². The second kappa shape index (κ2) is 6.72. The number of carbonyl (C=O) groups is 2. The van der Waals surface area contributed by atoms with Crippen molar-refractivity contribution in [2.75, 3.05) is 20.8 Å². The van der Waals surface area contributed by atoms with Gasteiger partial charge < -0.3 is 24.4 Å². The number of aromatic nitrogens is 1. The van der Waals surface area contributed by atoms with Crippen molar-refractivity contribution in [3.05, 3.63) is 17.5 Å². The lowest BCUT2D eigenvalue weighted by Gasteiger charge is -2.11. The molecular weight excluding hydrogens is 244 g/mol. The molecule has 0 aliphatic heterocycles. The second-order valence-electron chi connectivity index (χ2n) is 3.43. The fourth-order valence-electron chi connectivity index (χ4n) is 1.20. The third kappa shape index (κ3) is 3.82. The number of ether oxygens (including phenoxy) is 2. The van der Waals surface area contributed by atoms with Gasteiger partial charge in [-0.25, -0.2) is 4.79 Å². The first-order valence-electron chi connectivity index (χ1n) is 5.05. The maximum absolute atomic E-state index is 11.7. The molecule has 18 heavy (non-hydrogen) atoms. The smallest absolute Gasteiger partial charge is 0.328 e. The molecule has 0 aliphatic carbocycles. The number of methoxy groups -OCH3 is 2. The quantitative estimate of drug-likeness (QED) is 0.687. The van der Waals surface area contributed by atoms with Gasteiger partial charge in [-0.2, -0.15) is 0 Å². The van der Waals surface area contributed by atoms with Gasteiger partial charge in [0.15, 0.2) is 17.5 Å². The monoisotopic (exact) mass is 258 g/mol. The summed E-state index contributed by atoms with van der Waals surface area (Å²) in [6.45, 7) is 0.0462. The van der Waals surface area contributed by atoms with Crippen molar-refractivity contribution < 1.29 is 28.7 Å². The van der Waals surface area contributed by atoms with Gasteiger partial charge in [-0.1, -0.05) is 5.16 Å². The van der Waals surface area contributed by atoms with Crippen LogP contribution in [0.1, 0.15) is 16.2 Å². The molecule has 1 aromatic heterocycles.